The summed E-state index contributed by atoms with van der Waals surface area (Å²) >= 11 is 1.22. The number of carbonyl (C=O) groups excluding carboxylic acids is 1. The van der Waals surface area contributed by atoms with Crippen LogP contribution in [0.3, 0.4) is 0 Å². The number of nitrogens with zero attached hydrogens (tertiary/aromatic N) is 2. The number of hydrogen-bond acceptors (Lipinski definition) is 7. The lowest BCUT2D eigenvalue weighted by Crippen LogP contribution is -2.01. The number of carbonyl (C=O) groups is 1. The first kappa shape index (κ1) is 16.0. The molecular weight excluding hydrogens is 302 g/mol. The topological polar surface area (TPSA) is 72.8 Å². The van der Waals surface area contributed by atoms with Gasteiger partial charge in [-0.05, 0) is 18.6 Å². The van der Waals surface area contributed by atoms with Crippen molar-refractivity contribution in [1.82, 2.24) is 4.98 Å². The van der Waals surface area contributed by atoms with Crippen LogP contribution in [0.5, 0.6) is 5.75 Å². The van der Waals surface area contributed by atoms with Crippen LogP contribution in [0.15, 0.2) is 29.4 Å². The first-order chi connectivity index (χ1) is 10.7. The fourth-order valence-corrected chi connectivity index (χ4v) is 2.74. The largest absolute Gasteiger partial charge is 0.496 e. The van der Waals surface area contributed by atoms with Crippen LogP contribution in [-0.4, -0.2) is 31.4 Å². The van der Waals surface area contributed by atoms with Gasteiger partial charge < -0.3 is 9.47 Å². The zero-order valence-electron chi connectivity index (χ0n) is 12.6. The number of rotatable bonds is 6. The second-order valence-corrected chi connectivity index (χ2v) is 5.25. The minimum atomic E-state index is -0.379. The van der Waals surface area contributed by atoms with Gasteiger partial charge in [0.25, 0.3) is 0 Å². The molecule has 0 radical (unpaired) electrons. The Balaban J connectivity index is 2.13. The summed E-state index contributed by atoms with van der Waals surface area (Å²) in [4.78, 5) is 16.5. The smallest absolute Gasteiger partial charge is 0.350 e. The summed E-state index contributed by atoms with van der Waals surface area (Å²) < 4.78 is 9.99. The van der Waals surface area contributed by atoms with Crippen molar-refractivity contribution in [1.29, 1.82) is 0 Å². The van der Waals surface area contributed by atoms with Crippen LogP contribution < -0.4 is 10.2 Å². The fourth-order valence-electron chi connectivity index (χ4n) is 1.82. The summed E-state index contributed by atoms with van der Waals surface area (Å²) in [5, 5.41) is 4.68. The Kier molecular flexibility index (Phi) is 5.48. The average Bonchev–Trinajstić information content (AvgIpc) is 2.97. The Labute approximate surface area is 132 Å². The molecule has 0 aliphatic heterocycles. The van der Waals surface area contributed by atoms with E-state index in [-0.39, 0.29) is 5.97 Å². The highest BCUT2D eigenvalue weighted by Crippen LogP contribution is 2.24. The van der Waals surface area contributed by atoms with Gasteiger partial charge in [-0.2, -0.15) is 5.10 Å². The zero-order chi connectivity index (χ0) is 15.9. The number of benzene rings is 1. The maximum atomic E-state index is 11.7. The van der Waals surface area contributed by atoms with Gasteiger partial charge in [0.1, 0.15) is 10.6 Å². The summed E-state index contributed by atoms with van der Waals surface area (Å²) in [6.45, 7) is 1.93. The second-order valence-electron chi connectivity index (χ2n) is 4.25. The van der Waals surface area contributed by atoms with Crippen molar-refractivity contribution in [3.05, 3.63) is 40.4 Å². The minimum absolute atomic E-state index is 0.379. The Morgan fingerprint density at radius 3 is 2.86 bits per heavy atom. The third-order valence-electron chi connectivity index (χ3n) is 2.91. The lowest BCUT2D eigenvalue weighted by Gasteiger charge is -2.02. The van der Waals surface area contributed by atoms with Crippen LogP contribution in [-0.2, 0) is 11.2 Å². The van der Waals surface area contributed by atoms with Gasteiger partial charge in [-0.15, -0.1) is 0 Å². The van der Waals surface area contributed by atoms with E-state index in [1.807, 2.05) is 31.2 Å². The number of aromatic nitrogens is 1. The van der Waals surface area contributed by atoms with Crippen molar-refractivity contribution in [2.45, 2.75) is 13.3 Å². The van der Waals surface area contributed by atoms with E-state index in [4.69, 9.17) is 9.47 Å². The molecule has 0 aliphatic rings. The van der Waals surface area contributed by atoms with Gasteiger partial charge in [0.05, 0.1) is 26.1 Å². The molecule has 0 saturated carbocycles. The molecule has 1 aromatic carbocycles. The molecule has 0 aliphatic carbocycles. The highest BCUT2D eigenvalue weighted by atomic mass is 32.1. The van der Waals surface area contributed by atoms with Crippen LogP contribution in [0.1, 0.15) is 27.9 Å². The molecular formula is C15H17N3O3S. The Morgan fingerprint density at radius 2 is 2.18 bits per heavy atom. The standard InChI is InChI=1S/C15H17N3O3S/c1-4-11-13(14(19)21-3)22-15(17-11)18-16-9-10-7-5-6-8-12(10)20-2/h5-9H,4H2,1-3H3,(H,17,18)/b16-9-. The molecule has 0 spiro atoms. The van der Waals surface area contributed by atoms with E-state index >= 15 is 0 Å². The van der Waals surface area contributed by atoms with E-state index in [0.29, 0.717) is 22.1 Å². The molecule has 1 N–H and O–H groups in total. The number of esters is 1. The fraction of sp³-hybridized carbons (Fsp3) is 0.267. The summed E-state index contributed by atoms with van der Waals surface area (Å²) in [7, 11) is 2.96. The van der Waals surface area contributed by atoms with Crippen molar-refractivity contribution in [3.63, 3.8) is 0 Å². The number of methoxy groups -OCH3 is 2. The number of nitrogens with one attached hydrogen (secondary N) is 1. The van der Waals surface area contributed by atoms with Crippen LogP contribution in [0.4, 0.5) is 5.13 Å². The van der Waals surface area contributed by atoms with Gasteiger partial charge in [-0.25, -0.2) is 9.78 Å². The summed E-state index contributed by atoms with van der Waals surface area (Å²) in [5.41, 5.74) is 4.38. The number of hydrazone groups is 1. The molecule has 2 rings (SSSR count). The molecule has 0 saturated heterocycles. The number of ether oxygens (including phenoxy) is 2. The molecule has 1 aromatic heterocycles. The van der Waals surface area contributed by atoms with Gasteiger partial charge in [-0.3, -0.25) is 5.43 Å². The van der Waals surface area contributed by atoms with E-state index in [9.17, 15) is 4.79 Å². The van der Waals surface area contributed by atoms with Crippen molar-refractivity contribution >= 4 is 28.7 Å². The number of para-hydroxylation sites is 1. The van der Waals surface area contributed by atoms with E-state index < -0.39 is 0 Å². The monoisotopic (exact) mass is 319 g/mol. The number of aryl methyl sites for hydroxylation is 1. The third kappa shape index (κ3) is 3.62. The third-order valence-corrected chi connectivity index (χ3v) is 3.89. The molecule has 7 heteroatoms. The first-order valence-corrected chi connectivity index (χ1v) is 7.51. The van der Waals surface area contributed by atoms with Crippen molar-refractivity contribution in [2.24, 2.45) is 5.10 Å². The molecule has 22 heavy (non-hydrogen) atoms. The first-order valence-electron chi connectivity index (χ1n) is 6.69. The van der Waals surface area contributed by atoms with Crippen LogP contribution in [0, 0.1) is 0 Å². The number of hydrogen-bond donors (Lipinski definition) is 1. The Morgan fingerprint density at radius 1 is 1.41 bits per heavy atom. The van der Waals surface area contributed by atoms with Gasteiger partial charge in [0, 0.05) is 5.56 Å². The maximum Gasteiger partial charge on any atom is 0.350 e. The lowest BCUT2D eigenvalue weighted by atomic mass is 10.2. The molecule has 0 unspecified atom stereocenters. The minimum Gasteiger partial charge on any atom is -0.496 e. The van der Waals surface area contributed by atoms with Crippen molar-refractivity contribution in [2.75, 3.05) is 19.6 Å². The molecule has 1 heterocycles. The molecule has 0 fully saturated rings. The van der Waals surface area contributed by atoms with E-state index in [0.717, 1.165) is 11.3 Å². The molecule has 6 nitrogen and oxygen atoms in total. The maximum absolute atomic E-state index is 11.7. The van der Waals surface area contributed by atoms with Gasteiger partial charge >= 0.3 is 5.97 Å². The van der Waals surface area contributed by atoms with E-state index in [1.165, 1.54) is 18.4 Å². The Hall–Kier alpha value is -2.41. The highest BCUT2D eigenvalue weighted by molar-refractivity contribution is 7.17. The quantitative estimate of drug-likeness (QED) is 0.503. The Bertz CT molecular complexity index is 682. The van der Waals surface area contributed by atoms with Crippen LogP contribution in [0.2, 0.25) is 0 Å². The zero-order valence-corrected chi connectivity index (χ0v) is 13.4. The molecule has 0 atom stereocenters. The van der Waals surface area contributed by atoms with E-state index in [1.54, 1.807) is 13.3 Å². The van der Waals surface area contributed by atoms with Gasteiger partial charge in [0.2, 0.25) is 5.13 Å². The van der Waals surface area contributed by atoms with Gasteiger partial charge in [-0.1, -0.05) is 30.4 Å². The van der Waals surface area contributed by atoms with Crippen molar-refractivity contribution in [3.8, 4) is 5.75 Å². The SMILES string of the molecule is CCc1nc(N/N=C\c2ccccc2OC)sc1C(=O)OC. The predicted octanol–water partition coefficient (Wildman–Crippen LogP) is 2.95. The predicted molar refractivity (Wildman–Crippen MR) is 87.0 cm³/mol. The molecule has 2 aromatic rings. The number of anilines is 1. The molecule has 116 valence electrons. The summed E-state index contributed by atoms with van der Waals surface area (Å²) in [6.07, 6.45) is 2.29. The summed E-state index contributed by atoms with van der Waals surface area (Å²) in [5.74, 6) is 0.354. The average molecular weight is 319 g/mol. The lowest BCUT2D eigenvalue weighted by molar-refractivity contribution is 0.0605. The molecule has 0 amide bonds. The van der Waals surface area contributed by atoms with Crippen LogP contribution in [0.25, 0.3) is 0 Å². The highest BCUT2D eigenvalue weighted by Gasteiger charge is 2.17. The second kappa shape index (κ2) is 7.56. The normalized spacial score (nSPS) is 10.7. The number of thiazole rings is 1. The summed E-state index contributed by atoms with van der Waals surface area (Å²) in [6, 6.07) is 7.54. The van der Waals surface area contributed by atoms with E-state index in [2.05, 4.69) is 15.5 Å². The van der Waals surface area contributed by atoms with Gasteiger partial charge in [0.15, 0.2) is 0 Å². The van der Waals surface area contributed by atoms with Crippen LogP contribution >= 0.6 is 11.3 Å². The van der Waals surface area contributed by atoms with Crippen molar-refractivity contribution < 1.29 is 14.3 Å². The molecule has 0 bridgehead atoms.